The zero-order valence-corrected chi connectivity index (χ0v) is 15.8. The summed E-state index contributed by atoms with van der Waals surface area (Å²) in [6.45, 7) is 0. The molecule has 6 nitrogen and oxygen atoms in total. The highest BCUT2D eigenvalue weighted by Gasteiger charge is 2.13. The van der Waals surface area contributed by atoms with Crippen LogP contribution >= 0.6 is 27.5 Å². The molecule has 2 aromatic carbocycles. The molecule has 0 radical (unpaired) electrons. The van der Waals surface area contributed by atoms with Crippen molar-refractivity contribution in [2.75, 3.05) is 12.1 Å². The van der Waals surface area contributed by atoms with E-state index in [1.54, 1.807) is 7.05 Å². The summed E-state index contributed by atoms with van der Waals surface area (Å²) in [5.74, 6) is -1.27. The third kappa shape index (κ3) is 3.94. The first-order valence-electron chi connectivity index (χ1n) is 7.35. The summed E-state index contributed by atoms with van der Waals surface area (Å²) < 4.78 is 18.4. The lowest BCUT2D eigenvalue weighted by atomic mass is 10.1. The Morgan fingerprint density at radius 2 is 2.12 bits per heavy atom. The Balaban J connectivity index is 1.83. The molecule has 0 aliphatic rings. The smallest absolute Gasteiger partial charge is 0.336 e. The fourth-order valence-corrected chi connectivity index (χ4v) is 3.19. The highest BCUT2D eigenvalue weighted by molar-refractivity contribution is 9.10. The van der Waals surface area contributed by atoms with Gasteiger partial charge in [0, 0.05) is 34.2 Å². The van der Waals surface area contributed by atoms with E-state index in [9.17, 15) is 9.18 Å². The monoisotopic (exact) mass is 434 g/mol. The van der Waals surface area contributed by atoms with Gasteiger partial charge in [0.25, 0.3) is 0 Å². The summed E-state index contributed by atoms with van der Waals surface area (Å²) in [5, 5.41) is 15.4. The van der Waals surface area contributed by atoms with Gasteiger partial charge in [-0.25, -0.2) is 14.2 Å². The minimum absolute atomic E-state index is 0.159. The van der Waals surface area contributed by atoms with Crippen LogP contribution in [-0.4, -0.2) is 33.7 Å². The van der Waals surface area contributed by atoms with Crippen molar-refractivity contribution in [3.63, 3.8) is 0 Å². The molecule has 3 rings (SSSR count). The van der Waals surface area contributed by atoms with E-state index < -0.39 is 11.8 Å². The molecule has 0 fully saturated rings. The topological polar surface area (TPSA) is 78.7 Å². The number of hydrogen-bond donors (Lipinski definition) is 1. The third-order valence-electron chi connectivity index (χ3n) is 3.42. The third-order valence-corrected chi connectivity index (χ3v) is 4.90. The van der Waals surface area contributed by atoms with Gasteiger partial charge in [-0.05, 0) is 24.3 Å². The number of nitrogens with zero attached hydrogens (tertiary/aromatic N) is 4. The summed E-state index contributed by atoms with van der Waals surface area (Å²) in [7, 11) is 1.67. The average molecular weight is 435 g/mol. The highest BCUT2D eigenvalue weighted by Crippen LogP contribution is 2.29. The molecule has 0 aliphatic carbocycles. The summed E-state index contributed by atoms with van der Waals surface area (Å²) in [4.78, 5) is 15.7. The maximum Gasteiger partial charge on any atom is 0.336 e. The van der Waals surface area contributed by atoms with Crippen LogP contribution < -0.4 is 5.01 Å². The van der Waals surface area contributed by atoms with E-state index in [0.717, 1.165) is 27.6 Å². The normalized spacial score (nSPS) is 11.0. The minimum Gasteiger partial charge on any atom is -0.478 e. The van der Waals surface area contributed by atoms with Crippen molar-refractivity contribution < 1.29 is 14.3 Å². The number of carboxylic acid groups (broad SMARTS) is 1. The van der Waals surface area contributed by atoms with Gasteiger partial charge in [-0.3, -0.25) is 0 Å². The van der Waals surface area contributed by atoms with E-state index >= 15 is 0 Å². The van der Waals surface area contributed by atoms with Crippen molar-refractivity contribution >= 4 is 44.8 Å². The summed E-state index contributed by atoms with van der Waals surface area (Å²) in [6.07, 6.45) is 1.35. The van der Waals surface area contributed by atoms with Gasteiger partial charge in [-0.15, -0.1) is 0 Å². The van der Waals surface area contributed by atoms with E-state index in [1.165, 1.54) is 23.4 Å². The molecular weight excluding hydrogens is 423 g/mol. The molecule has 26 heavy (non-hydrogen) atoms. The lowest BCUT2D eigenvalue weighted by Gasteiger charge is -2.08. The second-order valence-electron chi connectivity index (χ2n) is 5.19. The second kappa shape index (κ2) is 7.71. The fraction of sp³-hybridized carbons (Fsp3) is 0.0588. The van der Waals surface area contributed by atoms with Gasteiger partial charge in [0.05, 0.1) is 11.8 Å². The van der Waals surface area contributed by atoms with E-state index in [-0.39, 0.29) is 5.56 Å². The Morgan fingerprint density at radius 1 is 1.35 bits per heavy atom. The minimum atomic E-state index is -1.22. The summed E-state index contributed by atoms with van der Waals surface area (Å²) in [6, 6.07) is 11.1. The van der Waals surface area contributed by atoms with Crippen molar-refractivity contribution in [1.29, 1.82) is 0 Å². The fourth-order valence-electron chi connectivity index (χ4n) is 2.12. The molecule has 0 saturated heterocycles. The van der Waals surface area contributed by atoms with Crippen molar-refractivity contribution in [2.45, 2.75) is 0 Å². The first-order valence-corrected chi connectivity index (χ1v) is 8.91. The molecule has 0 saturated carbocycles. The predicted molar refractivity (Wildman–Crippen MR) is 102 cm³/mol. The van der Waals surface area contributed by atoms with Gasteiger partial charge in [0.2, 0.25) is 5.13 Å². The second-order valence-corrected chi connectivity index (χ2v) is 6.77. The van der Waals surface area contributed by atoms with Crippen LogP contribution in [-0.2, 0) is 0 Å². The van der Waals surface area contributed by atoms with Gasteiger partial charge < -0.3 is 5.11 Å². The van der Waals surface area contributed by atoms with E-state index in [1.807, 2.05) is 24.3 Å². The van der Waals surface area contributed by atoms with Crippen LogP contribution in [0, 0.1) is 5.82 Å². The molecule has 132 valence electrons. The van der Waals surface area contributed by atoms with E-state index in [2.05, 4.69) is 30.4 Å². The Hall–Kier alpha value is -2.65. The first kappa shape index (κ1) is 18.2. The Bertz CT molecular complexity index is 992. The summed E-state index contributed by atoms with van der Waals surface area (Å²) in [5.41, 5.74) is 0.994. The molecule has 0 bridgehead atoms. The highest BCUT2D eigenvalue weighted by atomic mass is 79.9. The lowest BCUT2D eigenvalue weighted by molar-refractivity contribution is 0.0696. The van der Waals surface area contributed by atoms with Crippen molar-refractivity contribution in [3.05, 3.63) is 63.9 Å². The molecule has 1 N–H and O–H groups in total. The molecule has 0 atom stereocenters. The standard InChI is InChI=1S/C17H12BrFN4O2S/c1-23(20-9-10-6-7-11(19)8-13(10)16(24)25)17-21-15(22-26-17)12-4-2-3-5-14(12)18/h2-9H,1H3,(H,24,25)/b20-9+. The number of hydrazone groups is 1. The van der Waals surface area contributed by atoms with Crippen LogP contribution in [0.1, 0.15) is 15.9 Å². The van der Waals surface area contributed by atoms with Crippen LogP contribution in [0.25, 0.3) is 11.4 Å². The molecule has 0 spiro atoms. The number of halogens is 2. The number of anilines is 1. The van der Waals surface area contributed by atoms with Crippen LogP contribution in [0.4, 0.5) is 9.52 Å². The van der Waals surface area contributed by atoms with E-state index in [4.69, 9.17) is 5.11 Å². The molecule has 9 heteroatoms. The SMILES string of the molecule is CN(/N=C/c1ccc(F)cc1C(=O)O)c1nc(-c2ccccc2Br)ns1. The number of rotatable bonds is 5. The molecule has 3 aromatic rings. The van der Waals surface area contributed by atoms with Crippen LogP contribution in [0.2, 0.25) is 0 Å². The molecule has 0 aliphatic heterocycles. The first-order chi connectivity index (χ1) is 12.5. The largest absolute Gasteiger partial charge is 0.478 e. The molecule has 0 amide bonds. The predicted octanol–water partition coefficient (Wildman–Crippen LogP) is 4.28. The molecule has 1 aromatic heterocycles. The number of aromatic nitrogens is 2. The van der Waals surface area contributed by atoms with Crippen LogP contribution in [0.5, 0.6) is 0 Å². The number of carbonyl (C=O) groups is 1. The van der Waals surface area contributed by atoms with Crippen LogP contribution in [0.3, 0.4) is 0 Å². The number of benzene rings is 2. The quantitative estimate of drug-likeness (QED) is 0.478. The number of aromatic carboxylic acids is 1. The summed E-state index contributed by atoms with van der Waals surface area (Å²) >= 11 is 4.63. The number of carboxylic acids is 1. The zero-order valence-electron chi connectivity index (χ0n) is 13.4. The Morgan fingerprint density at radius 3 is 2.85 bits per heavy atom. The Labute approximate surface area is 160 Å². The van der Waals surface area contributed by atoms with Crippen molar-refractivity contribution in [1.82, 2.24) is 9.36 Å². The maximum absolute atomic E-state index is 13.2. The van der Waals surface area contributed by atoms with Crippen molar-refractivity contribution in [2.24, 2.45) is 5.10 Å². The molecule has 0 unspecified atom stereocenters. The maximum atomic E-state index is 13.2. The Kier molecular flexibility index (Phi) is 5.38. The number of hydrogen-bond acceptors (Lipinski definition) is 6. The van der Waals surface area contributed by atoms with Gasteiger partial charge in [-0.1, -0.05) is 34.1 Å². The van der Waals surface area contributed by atoms with Crippen LogP contribution in [0.15, 0.2) is 52.0 Å². The molecular formula is C17H12BrFN4O2S. The zero-order chi connectivity index (χ0) is 18.7. The van der Waals surface area contributed by atoms with Gasteiger partial charge in [-0.2, -0.15) is 14.5 Å². The molecule has 1 heterocycles. The van der Waals surface area contributed by atoms with E-state index in [0.29, 0.717) is 16.5 Å². The van der Waals surface area contributed by atoms with Gasteiger partial charge in [0.15, 0.2) is 5.82 Å². The average Bonchev–Trinajstić information content (AvgIpc) is 3.10. The lowest BCUT2D eigenvalue weighted by Crippen LogP contribution is -2.10. The van der Waals surface area contributed by atoms with Gasteiger partial charge in [0.1, 0.15) is 5.82 Å². The van der Waals surface area contributed by atoms with Crippen molar-refractivity contribution in [3.8, 4) is 11.4 Å². The van der Waals surface area contributed by atoms with Gasteiger partial charge >= 0.3 is 5.97 Å².